The molecule has 0 unspecified atom stereocenters. The summed E-state index contributed by atoms with van der Waals surface area (Å²) in [6.45, 7) is 4.19. The smallest absolute Gasteiger partial charge is 0.127 e. The third-order valence-corrected chi connectivity index (χ3v) is 2.89. The van der Waals surface area contributed by atoms with Crippen LogP contribution in [0.5, 0.6) is 11.5 Å². The quantitative estimate of drug-likeness (QED) is 0.786. The first kappa shape index (κ1) is 12.7. The molecule has 0 aliphatic rings. The van der Waals surface area contributed by atoms with Crippen molar-refractivity contribution < 1.29 is 4.74 Å². The Kier molecular flexibility index (Phi) is 4.37. The minimum absolute atomic E-state index is 0.871. The van der Waals surface area contributed by atoms with Crippen molar-refractivity contribution in [2.45, 2.75) is 13.5 Å². The van der Waals surface area contributed by atoms with Crippen LogP contribution in [0.1, 0.15) is 12.5 Å². The van der Waals surface area contributed by atoms with Crippen molar-refractivity contribution in [1.29, 1.82) is 0 Å². The second-order valence-corrected chi connectivity index (χ2v) is 4.39. The van der Waals surface area contributed by atoms with Gasteiger partial charge < -0.3 is 9.64 Å². The molecule has 0 aromatic heterocycles. The van der Waals surface area contributed by atoms with Crippen molar-refractivity contribution in [3.63, 3.8) is 0 Å². The van der Waals surface area contributed by atoms with E-state index in [0.717, 1.165) is 24.6 Å². The molecule has 2 aromatic rings. The minimum Gasteiger partial charge on any atom is -0.457 e. The second kappa shape index (κ2) is 6.22. The van der Waals surface area contributed by atoms with E-state index in [4.69, 9.17) is 4.74 Å². The summed E-state index contributed by atoms with van der Waals surface area (Å²) in [6.07, 6.45) is 0. The lowest BCUT2D eigenvalue weighted by molar-refractivity contribution is 0.345. The molecule has 0 saturated heterocycles. The Balaban J connectivity index is 2.00. The number of rotatable bonds is 5. The second-order valence-electron chi connectivity index (χ2n) is 4.39. The maximum absolute atomic E-state index is 5.75. The van der Waals surface area contributed by atoms with Gasteiger partial charge in [-0.1, -0.05) is 37.3 Å². The summed E-state index contributed by atoms with van der Waals surface area (Å²) in [5.41, 5.74) is 1.31. The van der Waals surface area contributed by atoms with E-state index in [-0.39, 0.29) is 0 Å². The van der Waals surface area contributed by atoms with Gasteiger partial charge in [-0.2, -0.15) is 0 Å². The summed E-state index contributed by atoms with van der Waals surface area (Å²) in [4.78, 5) is 2.27. The van der Waals surface area contributed by atoms with Crippen LogP contribution < -0.4 is 4.74 Å². The molecule has 0 amide bonds. The van der Waals surface area contributed by atoms with Gasteiger partial charge in [-0.15, -0.1) is 0 Å². The first-order valence-electron chi connectivity index (χ1n) is 6.28. The van der Waals surface area contributed by atoms with Gasteiger partial charge in [-0.3, -0.25) is 0 Å². The third kappa shape index (κ3) is 3.60. The lowest BCUT2D eigenvalue weighted by atomic mass is 10.2. The number of hydrogen-bond donors (Lipinski definition) is 0. The van der Waals surface area contributed by atoms with E-state index in [9.17, 15) is 0 Å². The molecule has 0 radical (unpaired) electrons. The van der Waals surface area contributed by atoms with Gasteiger partial charge in [0.05, 0.1) is 0 Å². The van der Waals surface area contributed by atoms with Crippen LogP contribution in [0.3, 0.4) is 0 Å². The van der Waals surface area contributed by atoms with Crippen LogP contribution in [-0.4, -0.2) is 18.5 Å². The van der Waals surface area contributed by atoms with Crippen LogP contribution in [0.2, 0.25) is 0 Å². The molecule has 2 heteroatoms. The maximum Gasteiger partial charge on any atom is 0.127 e. The summed E-state index contributed by atoms with van der Waals surface area (Å²) in [7, 11) is 2.12. The van der Waals surface area contributed by atoms with Crippen LogP contribution in [0.4, 0.5) is 0 Å². The van der Waals surface area contributed by atoms with Gasteiger partial charge in [-0.05, 0) is 43.4 Å². The summed E-state index contributed by atoms with van der Waals surface area (Å²) < 4.78 is 5.75. The summed E-state index contributed by atoms with van der Waals surface area (Å²) in [5, 5.41) is 0. The van der Waals surface area contributed by atoms with Crippen LogP contribution in [0, 0.1) is 0 Å². The fraction of sp³-hybridized carbons (Fsp3) is 0.250. The van der Waals surface area contributed by atoms with E-state index in [1.165, 1.54) is 5.56 Å². The fourth-order valence-electron chi connectivity index (χ4n) is 1.71. The van der Waals surface area contributed by atoms with E-state index < -0.39 is 0 Å². The average Bonchev–Trinajstić information content (AvgIpc) is 2.42. The van der Waals surface area contributed by atoms with Crippen molar-refractivity contribution >= 4 is 0 Å². The van der Waals surface area contributed by atoms with E-state index in [1.54, 1.807) is 0 Å². The Hall–Kier alpha value is -1.80. The zero-order valence-electron chi connectivity index (χ0n) is 11.0. The van der Waals surface area contributed by atoms with Crippen LogP contribution in [0.15, 0.2) is 54.6 Å². The predicted octanol–water partition coefficient (Wildman–Crippen LogP) is 3.93. The average molecular weight is 241 g/mol. The number of para-hydroxylation sites is 1. The van der Waals surface area contributed by atoms with Crippen molar-refractivity contribution in [2.75, 3.05) is 13.6 Å². The van der Waals surface area contributed by atoms with Crippen molar-refractivity contribution in [1.82, 2.24) is 4.90 Å². The molecule has 0 saturated carbocycles. The molecule has 2 nitrogen and oxygen atoms in total. The molecule has 0 bridgehead atoms. The van der Waals surface area contributed by atoms with Gasteiger partial charge in [0, 0.05) is 6.54 Å². The van der Waals surface area contributed by atoms with Gasteiger partial charge >= 0.3 is 0 Å². The molecule has 0 spiro atoms. The highest BCUT2D eigenvalue weighted by atomic mass is 16.5. The summed E-state index contributed by atoms with van der Waals surface area (Å²) >= 11 is 0. The molecular weight excluding hydrogens is 222 g/mol. The van der Waals surface area contributed by atoms with Gasteiger partial charge in [0.25, 0.3) is 0 Å². The minimum atomic E-state index is 0.871. The van der Waals surface area contributed by atoms with Crippen LogP contribution in [-0.2, 0) is 6.54 Å². The standard InChI is InChI=1S/C16H19NO/c1-3-17(2)13-14-9-11-16(12-10-14)18-15-7-5-4-6-8-15/h4-12H,3,13H2,1-2H3. The first-order valence-corrected chi connectivity index (χ1v) is 6.28. The first-order chi connectivity index (χ1) is 8.78. The Morgan fingerprint density at radius 2 is 1.50 bits per heavy atom. The predicted molar refractivity (Wildman–Crippen MR) is 75.0 cm³/mol. The lowest BCUT2D eigenvalue weighted by Gasteiger charge is -2.14. The van der Waals surface area contributed by atoms with Crippen molar-refractivity contribution in [3.05, 3.63) is 60.2 Å². The zero-order chi connectivity index (χ0) is 12.8. The molecule has 0 heterocycles. The highest BCUT2D eigenvalue weighted by molar-refractivity contribution is 5.32. The molecule has 18 heavy (non-hydrogen) atoms. The third-order valence-electron chi connectivity index (χ3n) is 2.89. The highest BCUT2D eigenvalue weighted by Crippen LogP contribution is 2.21. The highest BCUT2D eigenvalue weighted by Gasteiger charge is 1.99. The zero-order valence-corrected chi connectivity index (χ0v) is 11.0. The molecule has 94 valence electrons. The van der Waals surface area contributed by atoms with Gasteiger partial charge in [0.2, 0.25) is 0 Å². The van der Waals surface area contributed by atoms with Crippen LogP contribution in [0.25, 0.3) is 0 Å². The van der Waals surface area contributed by atoms with Gasteiger partial charge in [0.1, 0.15) is 11.5 Å². The molecule has 0 atom stereocenters. The Bertz CT molecular complexity index is 464. The molecular formula is C16H19NO. The molecule has 2 rings (SSSR count). The maximum atomic E-state index is 5.75. The summed E-state index contributed by atoms with van der Waals surface area (Å²) in [5.74, 6) is 1.75. The molecule has 2 aromatic carbocycles. The Labute approximate surface area is 109 Å². The SMILES string of the molecule is CCN(C)Cc1ccc(Oc2ccccc2)cc1. The normalized spacial score (nSPS) is 10.6. The fourth-order valence-corrected chi connectivity index (χ4v) is 1.71. The van der Waals surface area contributed by atoms with Crippen molar-refractivity contribution in [2.24, 2.45) is 0 Å². The van der Waals surface area contributed by atoms with Gasteiger partial charge in [0.15, 0.2) is 0 Å². The van der Waals surface area contributed by atoms with E-state index in [0.29, 0.717) is 0 Å². The Morgan fingerprint density at radius 3 is 2.11 bits per heavy atom. The lowest BCUT2D eigenvalue weighted by Crippen LogP contribution is -2.16. The monoisotopic (exact) mass is 241 g/mol. The van der Waals surface area contributed by atoms with E-state index >= 15 is 0 Å². The molecule has 0 fully saturated rings. The van der Waals surface area contributed by atoms with Gasteiger partial charge in [-0.25, -0.2) is 0 Å². The largest absolute Gasteiger partial charge is 0.457 e. The molecule has 0 aliphatic heterocycles. The van der Waals surface area contributed by atoms with Crippen LogP contribution >= 0.6 is 0 Å². The number of ether oxygens (including phenoxy) is 1. The Morgan fingerprint density at radius 1 is 0.889 bits per heavy atom. The van der Waals surface area contributed by atoms with Crippen molar-refractivity contribution in [3.8, 4) is 11.5 Å². The van der Waals surface area contributed by atoms with E-state index in [1.807, 2.05) is 42.5 Å². The molecule has 0 aliphatic carbocycles. The topological polar surface area (TPSA) is 12.5 Å². The summed E-state index contributed by atoms with van der Waals surface area (Å²) in [6, 6.07) is 18.1. The number of nitrogens with zero attached hydrogens (tertiary/aromatic N) is 1. The number of hydrogen-bond acceptors (Lipinski definition) is 2. The number of benzene rings is 2. The molecule has 0 N–H and O–H groups in total. The van der Waals surface area contributed by atoms with E-state index in [2.05, 4.69) is 31.0 Å².